The van der Waals surface area contributed by atoms with E-state index >= 15 is 0 Å². The standard InChI is InChI=1S/C21H25NO3S.C14H19NO2/c1-4-15-9-10-17(18(13-15)16-8-6-5-7-14(16)2)20(23)22-19(21(24)25)11-12-26-3;16-14(17-13-9-5-2-6-10-13)15-11-12-7-3-1-4-8-12/h5-10,13,19H,4,11-12H2,1-3H3,(H,22,23)(H,24,25);2,5-6,9-10,12H,1,3-4,7-8,11H2,(H,15,16). The molecule has 3 aromatic carbocycles. The second kappa shape index (κ2) is 18.0. The zero-order valence-electron chi connectivity index (χ0n) is 25.4. The van der Waals surface area contributed by atoms with Gasteiger partial charge in [-0.3, -0.25) is 4.79 Å². The molecule has 0 aromatic heterocycles. The van der Waals surface area contributed by atoms with Crippen LogP contribution in [-0.2, 0) is 11.2 Å². The minimum absolute atomic E-state index is 0.346. The Balaban J connectivity index is 0.000000257. The van der Waals surface area contributed by atoms with Crippen molar-refractivity contribution in [2.75, 3.05) is 18.6 Å². The molecule has 0 radical (unpaired) electrons. The van der Waals surface area contributed by atoms with E-state index in [0.29, 0.717) is 29.4 Å². The molecule has 1 aliphatic rings. The summed E-state index contributed by atoms with van der Waals surface area (Å²) in [6.07, 6.45) is 9.21. The fourth-order valence-electron chi connectivity index (χ4n) is 5.09. The van der Waals surface area contributed by atoms with Crippen molar-refractivity contribution in [1.82, 2.24) is 10.6 Å². The smallest absolute Gasteiger partial charge is 0.412 e. The van der Waals surface area contributed by atoms with Gasteiger partial charge in [0.25, 0.3) is 5.91 Å². The molecule has 3 aromatic rings. The third-order valence-electron chi connectivity index (χ3n) is 7.60. The first-order valence-electron chi connectivity index (χ1n) is 15.0. The fourth-order valence-corrected chi connectivity index (χ4v) is 5.56. The highest BCUT2D eigenvalue weighted by Gasteiger charge is 2.22. The lowest BCUT2D eigenvalue weighted by Crippen LogP contribution is -2.41. The van der Waals surface area contributed by atoms with Crippen LogP contribution < -0.4 is 15.4 Å². The molecule has 0 aliphatic heterocycles. The number of hydrogen-bond acceptors (Lipinski definition) is 5. The van der Waals surface area contributed by atoms with Crippen molar-refractivity contribution in [2.24, 2.45) is 5.92 Å². The van der Waals surface area contributed by atoms with E-state index in [2.05, 4.69) is 17.6 Å². The van der Waals surface area contributed by atoms with E-state index in [0.717, 1.165) is 35.2 Å². The van der Waals surface area contributed by atoms with E-state index in [1.165, 1.54) is 32.1 Å². The topological polar surface area (TPSA) is 105 Å². The van der Waals surface area contributed by atoms with Crippen LogP contribution in [0.1, 0.15) is 66.9 Å². The number of carbonyl (C=O) groups excluding carboxylic acids is 2. The number of carboxylic acids is 1. The van der Waals surface area contributed by atoms with Crippen LogP contribution in [0.15, 0.2) is 72.8 Å². The summed E-state index contributed by atoms with van der Waals surface area (Å²) in [5.74, 6) is 0.548. The van der Waals surface area contributed by atoms with Gasteiger partial charge in [0.15, 0.2) is 0 Å². The number of amides is 2. The third-order valence-corrected chi connectivity index (χ3v) is 8.24. The second-order valence-corrected chi connectivity index (χ2v) is 11.8. The third kappa shape index (κ3) is 11.1. The van der Waals surface area contributed by atoms with Gasteiger partial charge in [-0.2, -0.15) is 11.8 Å². The molecule has 1 saturated carbocycles. The van der Waals surface area contributed by atoms with Crippen molar-refractivity contribution < 1.29 is 24.2 Å². The van der Waals surface area contributed by atoms with Gasteiger partial charge in [-0.15, -0.1) is 0 Å². The van der Waals surface area contributed by atoms with E-state index in [9.17, 15) is 19.5 Å². The minimum Gasteiger partial charge on any atom is -0.480 e. The lowest BCUT2D eigenvalue weighted by molar-refractivity contribution is -0.139. The maximum atomic E-state index is 12.8. The van der Waals surface area contributed by atoms with Gasteiger partial charge in [0.1, 0.15) is 11.8 Å². The molecule has 2 amide bonds. The van der Waals surface area contributed by atoms with Gasteiger partial charge in [-0.05, 0) is 91.0 Å². The highest BCUT2D eigenvalue weighted by molar-refractivity contribution is 7.98. The Morgan fingerprint density at radius 1 is 0.953 bits per heavy atom. The normalized spacial score (nSPS) is 13.7. The number of nitrogens with one attached hydrogen (secondary N) is 2. The number of hydrogen-bond donors (Lipinski definition) is 3. The zero-order valence-corrected chi connectivity index (χ0v) is 26.3. The van der Waals surface area contributed by atoms with Gasteiger partial charge in [-0.25, -0.2) is 9.59 Å². The lowest BCUT2D eigenvalue weighted by Gasteiger charge is -2.21. The quantitative estimate of drug-likeness (QED) is 0.209. The Kier molecular flexibility index (Phi) is 14.1. The Morgan fingerprint density at radius 3 is 2.30 bits per heavy atom. The molecular weight excluding hydrogens is 560 g/mol. The van der Waals surface area contributed by atoms with Crippen molar-refractivity contribution in [3.05, 3.63) is 89.5 Å². The number of rotatable bonds is 11. The first kappa shape index (κ1) is 33.7. The number of ether oxygens (including phenoxy) is 1. The van der Waals surface area contributed by atoms with E-state index in [1.54, 1.807) is 30.0 Å². The summed E-state index contributed by atoms with van der Waals surface area (Å²) >= 11 is 1.56. The Labute approximate surface area is 259 Å². The molecule has 1 fully saturated rings. The largest absolute Gasteiger partial charge is 0.480 e. The first-order chi connectivity index (χ1) is 20.8. The van der Waals surface area contributed by atoms with Crippen LogP contribution in [0.3, 0.4) is 0 Å². The number of aryl methyl sites for hydroxylation is 2. The summed E-state index contributed by atoms with van der Waals surface area (Å²) < 4.78 is 5.16. The predicted molar refractivity (Wildman–Crippen MR) is 175 cm³/mol. The van der Waals surface area contributed by atoms with E-state index in [4.69, 9.17) is 4.74 Å². The molecule has 0 bridgehead atoms. The maximum absolute atomic E-state index is 12.8. The van der Waals surface area contributed by atoms with Crippen LogP contribution in [0.4, 0.5) is 4.79 Å². The van der Waals surface area contributed by atoms with Gasteiger partial charge < -0.3 is 20.5 Å². The number of carbonyl (C=O) groups is 3. The number of para-hydroxylation sites is 1. The number of benzene rings is 3. The molecule has 4 rings (SSSR count). The summed E-state index contributed by atoms with van der Waals surface area (Å²) in [5, 5.41) is 14.9. The van der Waals surface area contributed by atoms with Gasteiger partial charge in [0.05, 0.1) is 0 Å². The molecule has 0 spiro atoms. The summed E-state index contributed by atoms with van der Waals surface area (Å²) in [6, 6.07) is 21.9. The summed E-state index contributed by atoms with van der Waals surface area (Å²) in [6.45, 7) is 4.82. The lowest BCUT2D eigenvalue weighted by atomic mass is 9.89. The number of thioether (sulfide) groups is 1. The molecule has 0 saturated heterocycles. The average Bonchev–Trinajstić information content (AvgIpc) is 3.03. The Morgan fingerprint density at radius 2 is 1.65 bits per heavy atom. The molecule has 1 aliphatic carbocycles. The van der Waals surface area contributed by atoms with E-state index < -0.39 is 12.0 Å². The first-order valence-corrected chi connectivity index (χ1v) is 16.4. The van der Waals surface area contributed by atoms with Crippen molar-refractivity contribution in [3.63, 3.8) is 0 Å². The SMILES string of the molecule is CCc1ccc(C(=O)NC(CCSC)C(=O)O)c(-c2ccccc2C)c1.O=C(NCC1CCCCC1)Oc1ccccc1. The summed E-state index contributed by atoms with van der Waals surface area (Å²) in [7, 11) is 0. The van der Waals surface area contributed by atoms with Crippen molar-refractivity contribution in [3.8, 4) is 16.9 Å². The van der Waals surface area contributed by atoms with Crippen LogP contribution in [0, 0.1) is 12.8 Å². The molecule has 7 nitrogen and oxygen atoms in total. The van der Waals surface area contributed by atoms with E-state index in [-0.39, 0.29) is 12.0 Å². The Bertz CT molecular complexity index is 1320. The number of aliphatic carboxylic acids is 1. The molecule has 1 atom stereocenters. The molecule has 8 heteroatoms. The van der Waals surface area contributed by atoms with Crippen molar-refractivity contribution >= 4 is 29.7 Å². The minimum atomic E-state index is -1.00. The number of carboxylic acid groups (broad SMARTS) is 1. The molecular formula is C35H44N2O5S. The van der Waals surface area contributed by atoms with Crippen LogP contribution in [0.5, 0.6) is 5.75 Å². The van der Waals surface area contributed by atoms with Gasteiger partial charge in [-0.1, -0.05) is 80.8 Å². The van der Waals surface area contributed by atoms with E-state index in [1.807, 2.05) is 67.8 Å². The van der Waals surface area contributed by atoms with Crippen molar-refractivity contribution in [2.45, 2.75) is 64.8 Å². The highest BCUT2D eigenvalue weighted by atomic mass is 32.2. The molecule has 230 valence electrons. The van der Waals surface area contributed by atoms with Crippen LogP contribution in [0.2, 0.25) is 0 Å². The Hall–Kier alpha value is -3.78. The second-order valence-electron chi connectivity index (χ2n) is 10.8. The fraction of sp³-hybridized carbons (Fsp3) is 0.400. The average molecular weight is 605 g/mol. The molecule has 3 N–H and O–H groups in total. The van der Waals surface area contributed by atoms with Crippen LogP contribution in [0.25, 0.3) is 11.1 Å². The van der Waals surface area contributed by atoms with Gasteiger partial charge in [0, 0.05) is 12.1 Å². The van der Waals surface area contributed by atoms with Gasteiger partial charge >= 0.3 is 12.1 Å². The zero-order chi connectivity index (χ0) is 31.0. The molecule has 0 heterocycles. The summed E-state index contributed by atoms with van der Waals surface area (Å²) in [4.78, 5) is 35.8. The highest BCUT2D eigenvalue weighted by Crippen LogP contribution is 2.28. The monoisotopic (exact) mass is 604 g/mol. The molecule has 43 heavy (non-hydrogen) atoms. The molecule has 1 unspecified atom stereocenters. The van der Waals surface area contributed by atoms with Crippen LogP contribution in [-0.4, -0.2) is 47.7 Å². The van der Waals surface area contributed by atoms with Crippen LogP contribution >= 0.6 is 11.8 Å². The summed E-state index contributed by atoms with van der Waals surface area (Å²) in [5.41, 5.74) is 4.55. The van der Waals surface area contributed by atoms with Gasteiger partial charge in [0.2, 0.25) is 0 Å². The van der Waals surface area contributed by atoms with Crippen molar-refractivity contribution in [1.29, 1.82) is 0 Å². The predicted octanol–water partition coefficient (Wildman–Crippen LogP) is 7.52. The maximum Gasteiger partial charge on any atom is 0.412 e.